The fourth-order valence-corrected chi connectivity index (χ4v) is 2.70. The van der Waals surface area contributed by atoms with E-state index in [0.29, 0.717) is 12.5 Å². The molecule has 24 heavy (non-hydrogen) atoms. The maximum Gasteiger partial charge on any atom is 0.122 e. The summed E-state index contributed by atoms with van der Waals surface area (Å²) in [7, 11) is 0. The Morgan fingerprint density at radius 1 is 1.08 bits per heavy atom. The number of aliphatic hydroxyl groups excluding tert-OH is 1. The monoisotopic (exact) mass is 328 g/mol. The lowest BCUT2D eigenvalue weighted by molar-refractivity contribution is 0.101. The Kier molecular flexibility index (Phi) is 6.76. The first kappa shape index (κ1) is 18.4. The average Bonchev–Trinajstić information content (AvgIpc) is 2.55. The summed E-state index contributed by atoms with van der Waals surface area (Å²) in [5, 5.41) is 13.7. The molecule has 130 valence electrons. The lowest BCUT2D eigenvalue weighted by Gasteiger charge is -2.25. The van der Waals surface area contributed by atoms with Gasteiger partial charge in [0.15, 0.2) is 0 Å². The van der Waals surface area contributed by atoms with Gasteiger partial charge in [-0.15, -0.1) is 0 Å². The van der Waals surface area contributed by atoms with Gasteiger partial charge < -0.3 is 15.2 Å². The maximum atomic E-state index is 10.2. The van der Waals surface area contributed by atoms with Crippen LogP contribution < -0.4 is 10.1 Å². The van der Waals surface area contributed by atoms with Crippen LogP contribution in [0.15, 0.2) is 42.6 Å². The number of nitrogens with one attached hydrogen (secondary N) is 1. The van der Waals surface area contributed by atoms with Crippen LogP contribution in [0.1, 0.15) is 36.7 Å². The Labute approximate surface area is 144 Å². The Bertz CT molecular complexity index is 643. The number of para-hydroxylation sites is 1. The quantitative estimate of drug-likeness (QED) is 0.779. The number of ether oxygens (including phenoxy) is 1. The van der Waals surface area contributed by atoms with E-state index in [4.69, 9.17) is 4.74 Å². The van der Waals surface area contributed by atoms with Crippen LogP contribution in [0.5, 0.6) is 5.75 Å². The van der Waals surface area contributed by atoms with Crippen molar-refractivity contribution in [1.29, 1.82) is 0 Å². The first-order chi connectivity index (χ1) is 11.5. The predicted molar refractivity (Wildman–Crippen MR) is 97.2 cm³/mol. The van der Waals surface area contributed by atoms with Gasteiger partial charge in [0, 0.05) is 12.7 Å². The van der Waals surface area contributed by atoms with Gasteiger partial charge >= 0.3 is 0 Å². The van der Waals surface area contributed by atoms with Crippen molar-refractivity contribution < 1.29 is 9.84 Å². The molecule has 0 amide bonds. The lowest BCUT2D eigenvalue weighted by Crippen LogP contribution is -2.36. The molecule has 1 aromatic carbocycles. The van der Waals surface area contributed by atoms with E-state index in [0.717, 1.165) is 22.6 Å². The molecule has 2 unspecified atom stereocenters. The van der Waals surface area contributed by atoms with Crippen LogP contribution in [-0.4, -0.2) is 29.3 Å². The molecule has 0 saturated carbocycles. The first-order valence-electron chi connectivity index (χ1n) is 8.50. The molecule has 0 saturated heterocycles. The molecule has 2 aromatic rings. The van der Waals surface area contributed by atoms with Gasteiger partial charge in [-0.3, -0.25) is 4.98 Å². The molecule has 0 radical (unpaired) electrons. The minimum absolute atomic E-state index is 0.110. The molecule has 1 aromatic heterocycles. The number of aliphatic hydroxyl groups is 1. The molecule has 2 rings (SSSR count). The van der Waals surface area contributed by atoms with E-state index in [-0.39, 0.29) is 12.6 Å². The Morgan fingerprint density at radius 2 is 1.79 bits per heavy atom. The van der Waals surface area contributed by atoms with Crippen molar-refractivity contribution in [2.24, 2.45) is 5.92 Å². The van der Waals surface area contributed by atoms with Crippen LogP contribution in [0.4, 0.5) is 0 Å². The Hall–Kier alpha value is -1.91. The minimum Gasteiger partial charge on any atom is -0.491 e. The molecule has 4 heteroatoms. The summed E-state index contributed by atoms with van der Waals surface area (Å²) in [6.07, 6.45) is 1.24. The van der Waals surface area contributed by atoms with Gasteiger partial charge in [-0.05, 0) is 43.0 Å². The second-order valence-corrected chi connectivity index (χ2v) is 6.57. The predicted octanol–water partition coefficient (Wildman–Crippen LogP) is 3.43. The van der Waals surface area contributed by atoms with Crippen molar-refractivity contribution in [3.63, 3.8) is 0 Å². The van der Waals surface area contributed by atoms with Gasteiger partial charge in [0.05, 0.1) is 11.7 Å². The summed E-state index contributed by atoms with van der Waals surface area (Å²) in [5.41, 5.74) is 3.27. The van der Waals surface area contributed by atoms with E-state index in [1.54, 1.807) is 0 Å². The smallest absolute Gasteiger partial charge is 0.122 e. The van der Waals surface area contributed by atoms with E-state index in [1.807, 2.05) is 43.5 Å². The van der Waals surface area contributed by atoms with Gasteiger partial charge in [0.2, 0.25) is 0 Å². The number of rotatable bonds is 8. The lowest BCUT2D eigenvalue weighted by atomic mass is 9.97. The number of nitrogens with zero attached hydrogens (tertiary/aromatic N) is 1. The van der Waals surface area contributed by atoms with Gasteiger partial charge in [0.25, 0.3) is 0 Å². The largest absolute Gasteiger partial charge is 0.491 e. The summed E-state index contributed by atoms with van der Waals surface area (Å²) >= 11 is 0. The zero-order valence-electron chi connectivity index (χ0n) is 15.0. The summed E-state index contributed by atoms with van der Waals surface area (Å²) in [5.74, 6) is 1.20. The Morgan fingerprint density at radius 3 is 2.46 bits per heavy atom. The molecular formula is C20H28N2O2. The number of hydrogen-bond donors (Lipinski definition) is 2. The van der Waals surface area contributed by atoms with Crippen molar-refractivity contribution in [2.75, 3.05) is 13.2 Å². The SMILES string of the molecule is Cc1ccccc1OCC(O)CNC(c1ncccc1C)C(C)C. The van der Waals surface area contributed by atoms with Crippen LogP contribution in [-0.2, 0) is 0 Å². The minimum atomic E-state index is -0.574. The molecule has 0 aliphatic rings. The maximum absolute atomic E-state index is 10.2. The summed E-state index contributed by atoms with van der Waals surface area (Å²) in [6.45, 7) is 9.11. The summed E-state index contributed by atoms with van der Waals surface area (Å²) in [6, 6.07) is 12.0. The third-order valence-electron chi connectivity index (χ3n) is 4.11. The normalized spacial score (nSPS) is 13.8. The molecule has 1 heterocycles. The number of pyridine rings is 1. The molecule has 4 nitrogen and oxygen atoms in total. The molecule has 2 atom stereocenters. The standard InChI is InChI=1S/C20H28N2O2/c1-14(2)19(20-16(4)9-7-11-21-20)22-12-17(23)13-24-18-10-6-5-8-15(18)3/h5-11,14,17,19,22-23H,12-13H2,1-4H3. The van der Waals surface area contributed by atoms with Crippen molar-refractivity contribution in [1.82, 2.24) is 10.3 Å². The van der Waals surface area contributed by atoms with Gasteiger partial charge in [0.1, 0.15) is 18.5 Å². The average molecular weight is 328 g/mol. The topological polar surface area (TPSA) is 54.4 Å². The van der Waals surface area contributed by atoms with Crippen LogP contribution in [0, 0.1) is 19.8 Å². The summed E-state index contributed by atoms with van der Waals surface area (Å²) in [4.78, 5) is 4.51. The fraction of sp³-hybridized carbons (Fsp3) is 0.450. The molecule has 0 aliphatic heterocycles. The highest BCUT2D eigenvalue weighted by atomic mass is 16.5. The molecule has 0 spiro atoms. The second kappa shape index (κ2) is 8.81. The molecule has 0 bridgehead atoms. The first-order valence-corrected chi connectivity index (χ1v) is 8.50. The van der Waals surface area contributed by atoms with Crippen molar-refractivity contribution in [3.8, 4) is 5.75 Å². The molecule has 0 fully saturated rings. The zero-order chi connectivity index (χ0) is 17.5. The Balaban J connectivity index is 1.90. The van der Waals surface area contributed by atoms with E-state index >= 15 is 0 Å². The number of benzene rings is 1. The zero-order valence-corrected chi connectivity index (χ0v) is 15.0. The molecule has 2 N–H and O–H groups in total. The second-order valence-electron chi connectivity index (χ2n) is 6.57. The third-order valence-corrected chi connectivity index (χ3v) is 4.11. The van der Waals surface area contributed by atoms with Crippen LogP contribution >= 0.6 is 0 Å². The van der Waals surface area contributed by atoms with Gasteiger partial charge in [-0.1, -0.05) is 38.1 Å². The third kappa shape index (κ3) is 5.05. The molecule has 0 aliphatic carbocycles. The van der Waals surface area contributed by atoms with E-state index in [9.17, 15) is 5.11 Å². The van der Waals surface area contributed by atoms with Crippen LogP contribution in [0.25, 0.3) is 0 Å². The van der Waals surface area contributed by atoms with Crippen LogP contribution in [0.3, 0.4) is 0 Å². The van der Waals surface area contributed by atoms with Crippen molar-refractivity contribution >= 4 is 0 Å². The molecular weight excluding hydrogens is 300 g/mol. The fourth-order valence-electron chi connectivity index (χ4n) is 2.70. The number of aryl methyl sites for hydroxylation is 2. The van der Waals surface area contributed by atoms with E-state index < -0.39 is 6.10 Å². The highest BCUT2D eigenvalue weighted by Crippen LogP contribution is 2.22. The van der Waals surface area contributed by atoms with Gasteiger partial charge in [-0.25, -0.2) is 0 Å². The van der Waals surface area contributed by atoms with E-state index in [2.05, 4.69) is 37.1 Å². The van der Waals surface area contributed by atoms with Crippen molar-refractivity contribution in [2.45, 2.75) is 39.8 Å². The number of hydrogen-bond acceptors (Lipinski definition) is 4. The highest BCUT2D eigenvalue weighted by molar-refractivity contribution is 5.31. The van der Waals surface area contributed by atoms with Gasteiger partial charge in [-0.2, -0.15) is 0 Å². The van der Waals surface area contributed by atoms with Crippen molar-refractivity contribution in [3.05, 3.63) is 59.4 Å². The highest BCUT2D eigenvalue weighted by Gasteiger charge is 2.19. The van der Waals surface area contributed by atoms with Crippen LogP contribution in [0.2, 0.25) is 0 Å². The summed E-state index contributed by atoms with van der Waals surface area (Å²) < 4.78 is 5.72. The number of aromatic nitrogens is 1. The van der Waals surface area contributed by atoms with E-state index in [1.165, 1.54) is 0 Å².